The van der Waals surface area contributed by atoms with Gasteiger partial charge in [-0.2, -0.15) is 10.1 Å². The average molecular weight is 518 g/mol. The molecule has 0 saturated heterocycles. The number of halogens is 2. The zero-order valence-corrected chi connectivity index (χ0v) is 20.0. The normalized spacial score (nSPS) is 11.0. The predicted molar refractivity (Wildman–Crippen MR) is 133 cm³/mol. The summed E-state index contributed by atoms with van der Waals surface area (Å²) in [6, 6.07) is 26.6. The van der Waals surface area contributed by atoms with Gasteiger partial charge in [0.05, 0.1) is 15.6 Å². The van der Waals surface area contributed by atoms with E-state index in [2.05, 4.69) is 26.0 Å². The van der Waals surface area contributed by atoms with Crippen LogP contribution in [-0.2, 0) is 20.3 Å². The fraction of sp³-hybridized carbons (Fsp3) is 0.111. The lowest BCUT2D eigenvalue weighted by Crippen LogP contribution is -2.02. The van der Waals surface area contributed by atoms with Crippen LogP contribution in [0.3, 0.4) is 0 Å². The summed E-state index contributed by atoms with van der Waals surface area (Å²) in [6.45, 7) is 0.732. The van der Waals surface area contributed by atoms with Gasteiger partial charge in [0.1, 0.15) is 24.7 Å². The van der Waals surface area contributed by atoms with Gasteiger partial charge in [0.15, 0.2) is 0 Å². The summed E-state index contributed by atoms with van der Waals surface area (Å²) in [5, 5.41) is 5.45. The number of fused-ring (bicyclic) bond motifs is 1. The van der Waals surface area contributed by atoms with E-state index in [1.54, 1.807) is 23.9 Å². The van der Waals surface area contributed by atoms with Crippen LogP contribution in [0.1, 0.15) is 11.1 Å². The summed E-state index contributed by atoms with van der Waals surface area (Å²) in [7, 11) is 1.78. The highest BCUT2D eigenvalue weighted by molar-refractivity contribution is 9.10. The molecule has 5 rings (SSSR count). The SMILES string of the molecule is Cn1nc(-c2ccc(OCc3ccccc3)nc2OCc2ccccc2)c2ccc(F)c(Br)c21. The first kappa shape index (κ1) is 22.1. The molecule has 0 unspecified atom stereocenters. The van der Waals surface area contributed by atoms with Gasteiger partial charge in [-0.15, -0.1) is 0 Å². The van der Waals surface area contributed by atoms with Crippen LogP contribution in [0.5, 0.6) is 11.8 Å². The molecule has 0 aliphatic carbocycles. The van der Waals surface area contributed by atoms with Crippen LogP contribution < -0.4 is 9.47 Å². The maximum atomic E-state index is 14.2. The van der Waals surface area contributed by atoms with Crippen molar-refractivity contribution in [2.45, 2.75) is 13.2 Å². The minimum absolute atomic E-state index is 0.339. The molecule has 0 spiro atoms. The van der Waals surface area contributed by atoms with Gasteiger partial charge in [-0.3, -0.25) is 4.68 Å². The highest BCUT2D eigenvalue weighted by Gasteiger charge is 2.20. The molecule has 2 aromatic heterocycles. The fourth-order valence-corrected chi connectivity index (χ4v) is 4.35. The van der Waals surface area contributed by atoms with E-state index in [0.29, 0.717) is 46.2 Å². The van der Waals surface area contributed by atoms with Gasteiger partial charge in [-0.05, 0) is 45.3 Å². The molecule has 7 heteroatoms. The zero-order valence-electron chi connectivity index (χ0n) is 18.4. The van der Waals surface area contributed by atoms with Gasteiger partial charge in [0.25, 0.3) is 0 Å². The van der Waals surface area contributed by atoms with Gasteiger partial charge < -0.3 is 9.47 Å². The lowest BCUT2D eigenvalue weighted by atomic mass is 10.1. The van der Waals surface area contributed by atoms with Crippen LogP contribution in [0, 0.1) is 5.82 Å². The van der Waals surface area contributed by atoms with Crippen molar-refractivity contribution in [3.8, 4) is 23.0 Å². The molecule has 0 N–H and O–H groups in total. The lowest BCUT2D eigenvalue weighted by Gasteiger charge is -2.12. The first-order valence-corrected chi connectivity index (χ1v) is 11.5. The monoisotopic (exact) mass is 517 g/mol. The van der Waals surface area contributed by atoms with Crippen molar-refractivity contribution in [1.82, 2.24) is 14.8 Å². The number of aromatic nitrogens is 3. The Bertz CT molecular complexity index is 1440. The maximum absolute atomic E-state index is 14.2. The molecule has 0 saturated carbocycles. The topological polar surface area (TPSA) is 49.2 Å². The molecule has 34 heavy (non-hydrogen) atoms. The number of aryl methyl sites for hydroxylation is 1. The Labute approximate surface area is 204 Å². The summed E-state index contributed by atoms with van der Waals surface area (Å²) < 4.78 is 28.3. The van der Waals surface area contributed by atoms with Crippen LogP contribution in [0.4, 0.5) is 4.39 Å². The van der Waals surface area contributed by atoms with Gasteiger partial charge in [0, 0.05) is 18.5 Å². The third-order valence-electron chi connectivity index (χ3n) is 5.44. The molecule has 170 valence electrons. The van der Waals surface area contributed by atoms with E-state index in [9.17, 15) is 4.39 Å². The summed E-state index contributed by atoms with van der Waals surface area (Å²) in [5.74, 6) is 0.503. The van der Waals surface area contributed by atoms with Crippen molar-refractivity contribution in [3.63, 3.8) is 0 Å². The quantitative estimate of drug-likeness (QED) is 0.241. The molecule has 0 aliphatic heterocycles. The van der Waals surface area contributed by atoms with Crippen molar-refractivity contribution in [3.05, 3.63) is 106 Å². The summed E-state index contributed by atoms with van der Waals surface area (Å²) in [4.78, 5) is 4.66. The Morgan fingerprint density at radius 3 is 2.15 bits per heavy atom. The summed E-state index contributed by atoms with van der Waals surface area (Å²) in [6.07, 6.45) is 0. The molecule has 0 atom stereocenters. The fourth-order valence-electron chi connectivity index (χ4n) is 3.75. The predicted octanol–water partition coefficient (Wildman–Crippen LogP) is 6.69. The van der Waals surface area contributed by atoms with E-state index >= 15 is 0 Å². The molecule has 0 fully saturated rings. The number of hydrogen-bond acceptors (Lipinski definition) is 4. The molecular weight excluding hydrogens is 497 g/mol. The highest BCUT2D eigenvalue weighted by atomic mass is 79.9. The molecule has 5 nitrogen and oxygen atoms in total. The van der Waals surface area contributed by atoms with Crippen molar-refractivity contribution in [2.75, 3.05) is 0 Å². The van der Waals surface area contributed by atoms with Gasteiger partial charge in [-0.25, -0.2) is 4.39 Å². The van der Waals surface area contributed by atoms with Crippen molar-refractivity contribution < 1.29 is 13.9 Å². The maximum Gasteiger partial charge on any atom is 0.226 e. The third kappa shape index (κ3) is 4.52. The smallest absolute Gasteiger partial charge is 0.226 e. The Balaban J connectivity index is 1.53. The minimum Gasteiger partial charge on any atom is -0.473 e. The second-order valence-electron chi connectivity index (χ2n) is 7.78. The van der Waals surface area contributed by atoms with Crippen LogP contribution >= 0.6 is 15.9 Å². The summed E-state index contributed by atoms with van der Waals surface area (Å²) >= 11 is 3.35. The zero-order chi connectivity index (χ0) is 23.5. The standard InChI is InChI=1S/C27H21BrFN3O2/c1-32-26-20(12-14-22(29)24(26)28)25(31-32)21-13-15-23(33-16-18-8-4-2-5-9-18)30-27(21)34-17-19-10-6-3-7-11-19/h2-15H,16-17H2,1H3. The van der Waals surface area contributed by atoms with Crippen molar-refractivity contribution >= 4 is 26.8 Å². The Hall–Kier alpha value is -3.71. The Morgan fingerprint density at radius 2 is 1.47 bits per heavy atom. The summed E-state index contributed by atoms with van der Waals surface area (Å²) in [5.41, 5.74) is 4.08. The van der Waals surface area contributed by atoms with Crippen molar-refractivity contribution in [2.24, 2.45) is 7.05 Å². The van der Waals surface area contributed by atoms with Gasteiger partial charge in [0.2, 0.25) is 11.8 Å². The second kappa shape index (κ2) is 9.65. The Morgan fingerprint density at radius 1 is 0.824 bits per heavy atom. The van der Waals surface area contributed by atoms with Crippen molar-refractivity contribution in [1.29, 1.82) is 0 Å². The van der Waals surface area contributed by atoms with Crippen LogP contribution in [0.2, 0.25) is 0 Å². The van der Waals surface area contributed by atoms with Crippen LogP contribution in [-0.4, -0.2) is 14.8 Å². The largest absolute Gasteiger partial charge is 0.473 e. The van der Waals surface area contributed by atoms with E-state index in [4.69, 9.17) is 9.47 Å². The van der Waals surface area contributed by atoms with E-state index in [0.717, 1.165) is 16.5 Å². The van der Waals surface area contributed by atoms with E-state index in [1.807, 2.05) is 66.7 Å². The minimum atomic E-state index is -0.342. The molecule has 0 radical (unpaired) electrons. The van der Waals surface area contributed by atoms with Gasteiger partial charge in [-0.1, -0.05) is 60.7 Å². The van der Waals surface area contributed by atoms with E-state index in [1.165, 1.54) is 6.07 Å². The Kier molecular flexibility index (Phi) is 6.27. The first-order valence-electron chi connectivity index (χ1n) is 10.8. The molecule has 0 bridgehead atoms. The molecule has 0 amide bonds. The van der Waals surface area contributed by atoms with Crippen LogP contribution in [0.25, 0.3) is 22.2 Å². The third-order valence-corrected chi connectivity index (χ3v) is 6.19. The molecule has 0 aliphatic rings. The van der Waals surface area contributed by atoms with E-state index in [-0.39, 0.29) is 5.82 Å². The van der Waals surface area contributed by atoms with Gasteiger partial charge >= 0.3 is 0 Å². The highest BCUT2D eigenvalue weighted by Crippen LogP contribution is 2.37. The number of hydrogen-bond donors (Lipinski definition) is 0. The molecule has 2 heterocycles. The second-order valence-corrected chi connectivity index (χ2v) is 8.57. The number of benzene rings is 3. The number of pyridine rings is 1. The van der Waals surface area contributed by atoms with Crippen LogP contribution in [0.15, 0.2) is 89.4 Å². The average Bonchev–Trinajstić information content (AvgIpc) is 3.21. The lowest BCUT2D eigenvalue weighted by molar-refractivity contribution is 0.268. The first-order chi connectivity index (χ1) is 16.6. The number of rotatable bonds is 7. The molecule has 3 aromatic carbocycles. The van der Waals surface area contributed by atoms with E-state index < -0.39 is 0 Å². The molecule has 5 aromatic rings. The molecular formula is C27H21BrFN3O2. The number of ether oxygens (including phenoxy) is 2. The number of nitrogens with zero attached hydrogens (tertiary/aromatic N) is 3.